The van der Waals surface area contributed by atoms with Gasteiger partial charge in [0.2, 0.25) is 5.91 Å². The summed E-state index contributed by atoms with van der Waals surface area (Å²) in [6.07, 6.45) is 6.57. The number of nitrogens with one attached hydrogen (secondary N) is 4. The molecule has 1 heterocycles. The third-order valence-electron chi connectivity index (χ3n) is 5.59. The van der Waals surface area contributed by atoms with Crippen molar-refractivity contribution < 1.29 is 14.5 Å². The minimum absolute atomic E-state index is 0.00427. The first-order valence-corrected chi connectivity index (χ1v) is 11.6. The number of nitro groups is 1. The number of benzene rings is 2. The number of hydrogen-bond donors (Lipinski definition) is 4. The van der Waals surface area contributed by atoms with Crippen molar-refractivity contribution in [1.82, 2.24) is 21.2 Å². The molecule has 9 nitrogen and oxygen atoms in total. The van der Waals surface area contributed by atoms with E-state index >= 15 is 0 Å². The first kappa shape index (κ1) is 24.9. The number of nitro benzene ring substituents is 1. The molecule has 2 aromatic carbocycles. The lowest BCUT2D eigenvalue weighted by molar-refractivity contribution is -0.384. The molecule has 0 unspecified atom stereocenters. The third-order valence-corrected chi connectivity index (χ3v) is 5.59. The quantitative estimate of drug-likeness (QED) is 0.172. The molecule has 0 aliphatic rings. The Kier molecular flexibility index (Phi) is 9.16. The van der Waals surface area contributed by atoms with Crippen molar-refractivity contribution in [1.29, 1.82) is 0 Å². The Bertz CT molecular complexity index is 1120. The molecule has 1 aromatic heterocycles. The zero-order chi connectivity index (χ0) is 24.3. The summed E-state index contributed by atoms with van der Waals surface area (Å²) in [6.45, 7) is 3.22. The van der Waals surface area contributed by atoms with Gasteiger partial charge in [-0.05, 0) is 48.6 Å². The molecule has 0 radical (unpaired) electrons. The van der Waals surface area contributed by atoms with Crippen LogP contribution in [-0.2, 0) is 11.2 Å². The summed E-state index contributed by atoms with van der Waals surface area (Å²) in [5.74, 6) is -0.108. The van der Waals surface area contributed by atoms with Crippen LogP contribution >= 0.6 is 0 Å². The van der Waals surface area contributed by atoms with E-state index in [1.807, 2.05) is 25.3 Å². The van der Waals surface area contributed by atoms with Crippen molar-refractivity contribution in [3.05, 3.63) is 75.5 Å². The van der Waals surface area contributed by atoms with E-state index in [1.54, 1.807) is 24.3 Å². The number of H-pyrrole nitrogens is 1. The Hall–Kier alpha value is -3.72. The Morgan fingerprint density at radius 1 is 1.03 bits per heavy atom. The number of unbranched alkanes of at least 4 members (excludes halogenated alkanes) is 3. The van der Waals surface area contributed by atoms with E-state index in [1.165, 1.54) is 6.07 Å². The molecule has 0 bridgehead atoms. The van der Waals surface area contributed by atoms with Gasteiger partial charge in [-0.25, -0.2) is 5.43 Å². The standard InChI is InChI=1S/C25H31N5O4/c1-2-28-29-24(31)7-5-3-4-6-14-26-25(32)19-10-8-18(9-11-19)15-20-17-27-23-13-12-21(30(33)34)16-22(20)23/h8-13,16-17,27-28H,2-7,14-15H2,1H3,(H,26,32)(H,29,31). The number of aromatic nitrogens is 1. The second-order valence-corrected chi connectivity index (χ2v) is 8.17. The number of non-ortho nitro benzene ring substituents is 1. The second kappa shape index (κ2) is 12.5. The van der Waals surface area contributed by atoms with Crippen LogP contribution < -0.4 is 16.2 Å². The Morgan fingerprint density at radius 2 is 1.79 bits per heavy atom. The number of amides is 2. The molecule has 4 N–H and O–H groups in total. The fraction of sp³-hybridized carbons (Fsp3) is 0.360. The van der Waals surface area contributed by atoms with Crippen LogP contribution in [0.2, 0.25) is 0 Å². The van der Waals surface area contributed by atoms with Gasteiger partial charge >= 0.3 is 0 Å². The number of hydrogen-bond acceptors (Lipinski definition) is 5. The molecular weight excluding hydrogens is 434 g/mol. The number of aromatic amines is 1. The van der Waals surface area contributed by atoms with Crippen molar-refractivity contribution in [2.45, 2.75) is 45.4 Å². The SMILES string of the molecule is CCNNC(=O)CCCCCCNC(=O)c1ccc(Cc2c[nH]c3ccc([N+](=O)[O-])cc23)cc1. The average Bonchev–Trinajstić information content (AvgIpc) is 3.24. The van der Waals surface area contributed by atoms with E-state index < -0.39 is 4.92 Å². The Morgan fingerprint density at radius 3 is 2.53 bits per heavy atom. The van der Waals surface area contributed by atoms with Gasteiger partial charge in [-0.15, -0.1) is 0 Å². The van der Waals surface area contributed by atoms with Crippen molar-refractivity contribution in [2.24, 2.45) is 0 Å². The molecule has 0 aliphatic carbocycles. The fourth-order valence-corrected chi connectivity index (χ4v) is 3.74. The monoisotopic (exact) mass is 465 g/mol. The number of rotatable bonds is 13. The summed E-state index contributed by atoms with van der Waals surface area (Å²) in [5.41, 5.74) is 8.92. The van der Waals surface area contributed by atoms with E-state index in [2.05, 4.69) is 21.2 Å². The van der Waals surface area contributed by atoms with Crippen LogP contribution in [0.25, 0.3) is 10.9 Å². The lowest BCUT2D eigenvalue weighted by Crippen LogP contribution is -2.36. The molecule has 3 rings (SSSR count). The smallest absolute Gasteiger partial charge is 0.270 e. The fourth-order valence-electron chi connectivity index (χ4n) is 3.74. The van der Waals surface area contributed by atoms with Crippen LogP contribution in [0.4, 0.5) is 5.69 Å². The zero-order valence-corrected chi connectivity index (χ0v) is 19.4. The minimum atomic E-state index is -0.394. The second-order valence-electron chi connectivity index (χ2n) is 8.17. The number of carbonyl (C=O) groups is 2. The number of nitrogens with zero attached hydrogens (tertiary/aromatic N) is 1. The first-order chi connectivity index (χ1) is 16.5. The zero-order valence-electron chi connectivity index (χ0n) is 19.4. The molecule has 9 heteroatoms. The lowest BCUT2D eigenvalue weighted by atomic mass is 10.0. The van der Waals surface area contributed by atoms with Gasteiger partial charge in [0.1, 0.15) is 0 Å². The average molecular weight is 466 g/mol. The predicted octanol–water partition coefficient (Wildman–Crippen LogP) is 3.99. The van der Waals surface area contributed by atoms with Gasteiger partial charge < -0.3 is 10.3 Å². The van der Waals surface area contributed by atoms with Crippen molar-refractivity contribution in [3.63, 3.8) is 0 Å². The van der Waals surface area contributed by atoms with Crippen LogP contribution in [0.5, 0.6) is 0 Å². The molecule has 3 aromatic rings. The van der Waals surface area contributed by atoms with E-state index in [4.69, 9.17) is 0 Å². The molecule has 0 spiro atoms. The molecule has 0 saturated heterocycles. The van der Waals surface area contributed by atoms with Crippen molar-refractivity contribution in [2.75, 3.05) is 13.1 Å². The highest BCUT2D eigenvalue weighted by atomic mass is 16.6. The maximum Gasteiger partial charge on any atom is 0.270 e. The number of fused-ring (bicyclic) bond motifs is 1. The van der Waals surface area contributed by atoms with Gasteiger partial charge in [0.15, 0.2) is 0 Å². The molecule has 34 heavy (non-hydrogen) atoms. The molecule has 180 valence electrons. The molecule has 0 fully saturated rings. The highest BCUT2D eigenvalue weighted by molar-refractivity contribution is 5.94. The van der Waals surface area contributed by atoms with Gasteiger partial charge in [-0.3, -0.25) is 25.1 Å². The lowest BCUT2D eigenvalue weighted by Gasteiger charge is -2.07. The summed E-state index contributed by atoms with van der Waals surface area (Å²) < 4.78 is 0. The first-order valence-electron chi connectivity index (χ1n) is 11.6. The van der Waals surface area contributed by atoms with Crippen LogP contribution in [0, 0.1) is 10.1 Å². The number of carbonyl (C=O) groups excluding carboxylic acids is 2. The normalized spacial score (nSPS) is 10.9. The molecule has 2 amide bonds. The third kappa shape index (κ3) is 7.14. The maximum atomic E-state index is 12.4. The predicted molar refractivity (Wildman–Crippen MR) is 131 cm³/mol. The van der Waals surface area contributed by atoms with Gasteiger partial charge in [0, 0.05) is 54.3 Å². The topological polar surface area (TPSA) is 129 Å². The summed E-state index contributed by atoms with van der Waals surface area (Å²) in [4.78, 5) is 37.7. The van der Waals surface area contributed by atoms with E-state index in [0.717, 1.165) is 47.7 Å². The van der Waals surface area contributed by atoms with Gasteiger partial charge in [-0.2, -0.15) is 0 Å². The molecular formula is C25H31N5O4. The van der Waals surface area contributed by atoms with Crippen LogP contribution in [0.1, 0.15) is 60.5 Å². The van der Waals surface area contributed by atoms with Crippen LogP contribution in [-0.4, -0.2) is 34.8 Å². The Labute approximate surface area is 198 Å². The van der Waals surface area contributed by atoms with Crippen LogP contribution in [0.3, 0.4) is 0 Å². The van der Waals surface area contributed by atoms with Gasteiger partial charge in [0.05, 0.1) is 4.92 Å². The van der Waals surface area contributed by atoms with Crippen molar-refractivity contribution >= 4 is 28.4 Å². The molecule has 0 saturated carbocycles. The van der Waals surface area contributed by atoms with E-state index in [0.29, 0.717) is 31.5 Å². The van der Waals surface area contributed by atoms with Crippen molar-refractivity contribution in [3.8, 4) is 0 Å². The summed E-state index contributed by atoms with van der Waals surface area (Å²) in [7, 11) is 0. The highest BCUT2D eigenvalue weighted by Crippen LogP contribution is 2.25. The molecule has 0 atom stereocenters. The maximum absolute atomic E-state index is 12.4. The molecule has 0 aliphatic heterocycles. The van der Waals surface area contributed by atoms with Crippen LogP contribution in [0.15, 0.2) is 48.7 Å². The van der Waals surface area contributed by atoms with E-state index in [9.17, 15) is 19.7 Å². The summed E-state index contributed by atoms with van der Waals surface area (Å²) in [5, 5.41) is 14.8. The van der Waals surface area contributed by atoms with Gasteiger partial charge in [-0.1, -0.05) is 31.9 Å². The largest absolute Gasteiger partial charge is 0.361 e. The summed E-state index contributed by atoms with van der Waals surface area (Å²) in [6, 6.07) is 12.2. The number of hydrazine groups is 1. The minimum Gasteiger partial charge on any atom is -0.361 e. The van der Waals surface area contributed by atoms with E-state index in [-0.39, 0.29) is 17.5 Å². The highest BCUT2D eigenvalue weighted by Gasteiger charge is 2.11. The Balaban J connectivity index is 1.42. The summed E-state index contributed by atoms with van der Waals surface area (Å²) >= 11 is 0. The van der Waals surface area contributed by atoms with Gasteiger partial charge in [0.25, 0.3) is 11.6 Å².